The van der Waals surface area contributed by atoms with Gasteiger partial charge in [0.1, 0.15) is 4.83 Å². The molecule has 2 rings (SSSR count). The zero-order valence-corrected chi connectivity index (χ0v) is 12.4. The Balaban J connectivity index is 2.52. The Bertz CT molecular complexity index is 470. The first-order chi connectivity index (χ1) is 8.54. The Labute approximate surface area is 116 Å². The van der Waals surface area contributed by atoms with Gasteiger partial charge in [0.15, 0.2) is 0 Å². The summed E-state index contributed by atoms with van der Waals surface area (Å²) in [6.07, 6.45) is 0.920. The van der Waals surface area contributed by atoms with Gasteiger partial charge in [0.25, 0.3) is 0 Å². The number of methoxy groups -OCH3 is 1. The van der Waals surface area contributed by atoms with Gasteiger partial charge in [-0.3, -0.25) is 4.79 Å². The Morgan fingerprint density at radius 2 is 2.28 bits per heavy atom. The number of hydrogen-bond acceptors (Lipinski definition) is 3. The maximum atomic E-state index is 11.7. The third-order valence-corrected chi connectivity index (χ3v) is 4.14. The molecule has 0 amide bonds. The second-order valence-electron chi connectivity index (χ2n) is 4.58. The quantitative estimate of drug-likeness (QED) is 0.621. The molecule has 0 N–H and O–H groups in total. The third-order valence-electron chi connectivity index (χ3n) is 3.27. The molecule has 0 saturated heterocycles. The van der Waals surface area contributed by atoms with Crippen molar-refractivity contribution in [1.82, 2.24) is 0 Å². The van der Waals surface area contributed by atoms with Crippen LogP contribution in [0, 0.1) is 6.92 Å². The van der Waals surface area contributed by atoms with E-state index in [0.29, 0.717) is 0 Å². The van der Waals surface area contributed by atoms with Crippen molar-refractivity contribution in [3.05, 3.63) is 34.4 Å². The highest BCUT2D eigenvalue weighted by atomic mass is 79.9. The van der Waals surface area contributed by atoms with Crippen molar-refractivity contribution in [2.45, 2.75) is 31.2 Å². The maximum absolute atomic E-state index is 11.7. The molecular weight excluding hydrogens is 296 g/mol. The first kappa shape index (κ1) is 13.6. The lowest BCUT2D eigenvalue weighted by molar-refractivity contribution is -0.139. The van der Waals surface area contributed by atoms with Crippen LogP contribution in [0.5, 0.6) is 0 Å². The van der Waals surface area contributed by atoms with Crippen LogP contribution in [0.2, 0.25) is 0 Å². The van der Waals surface area contributed by atoms with Crippen molar-refractivity contribution >= 4 is 21.9 Å². The van der Waals surface area contributed by atoms with Gasteiger partial charge in [0, 0.05) is 0 Å². The lowest BCUT2D eigenvalue weighted by Gasteiger charge is -2.27. The molecule has 2 atom stereocenters. The van der Waals surface area contributed by atoms with Crippen LogP contribution < -0.4 is 0 Å². The van der Waals surface area contributed by atoms with Crippen molar-refractivity contribution in [2.75, 3.05) is 13.7 Å². The van der Waals surface area contributed by atoms with E-state index < -0.39 is 4.83 Å². The van der Waals surface area contributed by atoms with E-state index in [-0.39, 0.29) is 12.1 Å². The summed E-state index contributed by atoms with van der Waals surface area (Å²) < 4.78 is 10.5. The van der Waals surface area contributed by atoms with Crippen LogP contribution >= 0.6 is 15.9 Å². The van der Waals surface area contributed by atoms with E-state index in [2.05, 4.69) is 22.0 Å². The van der Waals surface area contributed by atoms with Gasteiger partial charge in [-0.25, -0.2) is 0 Å². The molecule has 18 heavy (non-hydrogen) atoms. The number of ether oxygens (including phenoxy) is 2. The lowest BCUT2D eigenvalue weighted by Crippen LogP contribution is -2.19. The van der Waals surface area contributed by atoms with Crippen molar-refractivity contribution in [3.63, 3.8) is 0 Å². The minimum absolute atomic E-state index is 0.0223. The van der Waals surface area contributed by atoms with Gasteiger partial charge in [0.2, 0.25) is 0 Å². The van der Waals surface area contributed by atoms with Gasteiger partial charge in [-0.1, -0.05) is 33.6 Å². The summed E-state index contributed by atoms with van der Waals surface area (Å²) in [5, 5.41) is 0. The molecule has 3 nitrogen and oxygen atoms in total. The fourth-order valence-electron chi connectivity index (χ4n) is 2.47. The summed E-state index contributed by atoms with van der Waals surface area (Å²) in [7, 11) is 1.40. The molecule has 1 aromatic carbocycles. The summed E-state index contributed by atoms with van der Waals surface area (Å²) in [4.78, 5) is 11.3. The van der Waals surface area contributed by atoms with Crippen LogP contribution in [0.25, 0.3) is 0 Å². The van der Waals surface area contributed by atoms with Crippen LogP contribution in [0.4, 0.5) is 0 Å². The Hall–Kier alpha value is -0.870. The van der Waals surface area contributed by atoms with E-state index in [4.69, 9.17) is 9.47 Å². The zero-order chi connectivity index (χ0) is 13.3. The number of benzene rings is 1. The summed E-state index contributed by atoms with van der Waals surface area (Å²) in [5.41, 5.74) is 4.52. The molecule has 1 aromatic rings. The number of fused-ring (bicyclic) bond motifs is 1. The monoisotopic (exact) mass is 312 g/mol. The van der Waals surface area contributed by atoms with Crippen LogP contribution in [0.3, 0.4) is 0 Å². The Morgan fingerprint density at radius 3 is 2.94 bits per heavy atom. The molecule has 0 radical (unpaired) electrons. The molecule has 0 spiro atoms. The molecule has 0 fully saturated rings. The van der Waals surface area contributed by atoms with Crippen LogP contribution in [-0.4, -0.2) is 19.7 Å². The Kier molecular flexibility index (Phi) is 4.07. The summed E-state index contributed by atoms with van der Waals surface area (Å²) >= 11 is 3.42. The predicted octanol–water partition coefficient (Wildman–Crippen LogP) is 3.24. The van der Waals surface area contributed by atoms with Crippen LogP contribution in [-0.2, 0) is 20.7 Å². The predicted molar refractivity (Wildman–Crippen MR) is 72.9 cm³/mol. The van der Waals surface area contributed by atoms with Crippen LogP contribution in [0.15, 0.2) is 12.1 Å². The second-order valence-corrected chi connectivity index (χ2v) is 5.49. The standard InChI is InChI=1S/C14H17BrO3/c1-8-6-10-4-5-18-9(2)12(10)11(7-8)13(15)14(16)17-3/h6-7,9,13H,4-5H2,1-3H3/t9-,13?/m0/s1. The largest absolute Gasteiger partial charge is 0.468 e. The van der Waals surface area contributed by atoms with Crippen molar-refractivity contribution in [1.29, 1.82) is 0 Å². The minimum Gasteiger partial charge on any atom is -0.468 e. The SMILES string of the molecule is COC(=O)C(Br)c1cc(C)cc2c1[C@H](C)OCC2. The van der Waals surface area contributed by atoms with Gasteiger partial charge in [0.05, 0.1) is 19.8 Å². The van der Waals surface area contributed by atoms with Gasteiger partial charge in [-0.05, 0) is 37.0 Å². The first-order valence-corrected chi connectivity index (χ1v) is 6.93. The summed E-state index contributed by atoms with van der Waals surface area (Å²) in [6, 6.07) is 4.20. The number of hydrogen-bond donors (Lipinski definition) is 0. The highest BCUT2D eigenvalue weighted by molar-refractivity contribution is 9.09. The first-order valence-electron chi connectivity index (χ1n) is 6.01. The maximum Gasteiger partial charge on any atom is 0.324 e. The average Bonchev–Trinajstić information content (AvgIpc) is 2.36. The molecule has 1 unspecified atom stereocenters. The second kappa shape index (κ2) is 5.41. The van der Waals surface area contributed by atoms with Gasteiger partial charge in [-0.15, -0.1) is 0 Å². The molecule has 0 saturated carbocycles. The smallest absolute Gasteiger partial charge is 0.324 e. The number of aryl methyl sites for hydroxylation is 1. The normalized spacial score (nSPS) is 20.1. The average molecular weight is 313 g/mol. The number of alkyl halides is 1. The number of rotatable bonds is 2. The lowest BCUT2D eigenvalue weighted by atomic mass is 9.90. The van der Waals surface area contributed by atoms with E-state index >= 15 is 0 Å². The summed E-state index contributed by atoms with van der Waals surface area (Å²) in [5.74, 6) is -0.277. The summed E-state index contributed by atoms with van der Waals surface area (Å²) in [6.45, 7) is 4.80. The zero-order valence-electron chi connectivity index (χ0n) is 10.8. The van der Waals surface area contributed by atoms with Crippen molar-refractivity contribution in [3.8, 4) is 0 Å². The number of esters is 1. The fourth-order valence-corrected chi connectivity index (χ4v) is 3.04. The van der Waals surface area contributed by atoms with Crippen LogP contribution in [0.1, 0.15) is 40.1 Å². The number of carbonyl (C=O) groups excluding carboxylic acids is 1. The van der Waals surface area contributed by atoms with Crippen molar-refractivity contribution in [2.24, 2.45) is 0 Å². The molecule has 1 aliphatic heterocycles. The van der Waals surface area contributed by atoms with E-state index in [0.717, 1.165) is 29.7 Å². The molecule has 0 aromatic heterocycles. The minimum atomic E-state index is -0.430. The van der Waals surface area contributed by atoms with Gasteiger partial charge >= 0.3 is 5.97 Å². The molecular formula is C14H17BrO3. The third kappa shape index (κ3) is 2.45. The number of carbonyl (C=O) groups is 1. The highest BCUT2D eigenvalue weighted by Gasteiger charge is 2.27. The van der Waals surface area contributed by atoms with E-state index in [9.17, 15) is 4.79 Å². The molecule has 0 bridgehead atoms. The van der Waals surface area contributed by atoms with Gasteiger partial charge < -0.3 is 9.47 Å². The molecule has 4 heteroatoms. The van der Waals surface area contributed by atoms with Crippen molar-refractivity contribution < 1.29 is 14.3 Å². The molecule has 0 aliphatic carbocycles. The highest BCUT2D eigenvalue weighted by Crippen LogP contribution is 2.37. The fraction of sp³-hybridized carbons (Fsp3) is 0.500. The molecule has 1 aliphatic rings. The Morgan fingerprint density at radius 1 is 1.56 bits per heavy atom. The van der Waals surface area contributed by atoms with E-state index in [1.54, 1.807) is 0 Å². The van der Waals surface area contributed by atoms with Gasteiger partial charge in [-0.2, -0.15) is 0 Å². The van der Waals surface area contributed by atoms with E-state index in [1.807, 2.05) is 19.9 Å². The topological polar surface area (TPSA) is 35.5 Å². The number of halogens is 1. The molecule has 1 heterocycles. The molecule has 98 valence electrons. The van der Waals surface area contributed by atoms with E-state index in [1.165, 1.54) is 12.7 Å².